The van der Waals surface area contributed by atoms with Crippen molar-refractivity contribution in [2.75, 3.05) is 5.32 Å². The number of benzene rings is 1. The zero-order valence-electron chi connectivity index (χ0n) is 11.6. The molecule has 0 aliphatic carbocycles. The molecule has 100 valence electrons. The van der Waals surface area contributed by atoms with E-state index in [9.17, 15) is 4.79 Å². The Labute approximate surface area is 113 Å². The van der Waals surface area contributed by atoms with Crippen LogP contribution in [0.25, 0.3) is 0 Å². The fourth-order valence-electron chi connectivity index (χ4n) is 1.99. The normalized spacial score (nSPS) is 10.5. The number of nitrogens with zero attached hydrogens (tertiary/aromatic N) is 2. The van der Waals surface area contributed by atoms with Crippen molar-refractivity contribution in [3.8, 4) is 0 Å². The van der Waals surface area contributed by atoms with Crippen LogP contribution in [0.5, 0.6) is 0 Å². The number of hydrogen-bond donors (Lipinski definition) is 1. The fourth-order valence-corrected chi connectivity index (χ4v) is 1.99. The van der Waals surface area contributed by atoms with Crippen molar-refractivity contribution >= 4 is 11.6 Å². The van der Waals surface area contributed by atoms with Crippen LogP contribution in [0.1, 0.15) is 35.6 Å². The van der Waals surface area contributed by atoms with Gasteiger partial charge in [-0.15, -0.1) is 0 Å². The second-order valence-electron chi connectivity index (χ2n) is 4.49. The lowest BCUT2D eigenvalue weighted by Crippen LogP contribution is -2.17. The van der Waals surface area contributed by atoms with E-state index in [-0.39, 0.29) is 5.91 Å². The molecule has 0 aliphatic heterocycles. The zero-order valence-corrected chi connectivity index (χ0v) is 11.6. The van der Waals surface area contributed by atoms with Crippen molar-refractivity contribution in [2.45, 2.75) is 33.7 Å². The van der Waals surface area contributed by atoms with Gasteiger partial charge in [0.1, 0.15) is 5.69 Å². The van der Waals surface area contributed by atoms with Crippen molar-refractivity contribution in [3.63, 3.8) is 0 Å². The summed E-state index contributed by atoms with van der Waals surface area (Å²) in [4.78, 5) is 12.2. The Bertz CT molecular complexity index is 570. The molecule has 1 aromatic heterocycles. The molecule has 4 heteroatoms. The second kappa shape index (κ2) is 5.69. The van der Waals surface area contributed by atoms with E-state index in [4.69, 9.17) is 0 Å². The van der Waals surface area contributed by atoms with Gasteiger partial charge in [-0.1, -0.05) is 19.1 Å². The van der Waals surface area contributed by atoms with Gasteiger partial charge in [-0.2, -0.15) is 5.10 Å². The van der Waals surface area contributed by atoms with Crippen LogP contribution in [-0.2, 0) is 13.0 Å². The Morgan fingerprint density at radius 1 is 1.26 bits per heavy atom. The van der Waals surface area contributed by atoms with E-state index in [0.29, 0.717) is 12.2 Å². The molecule has 1 amide bonds. The molecule has 0 saturated heterocycles. The van der Waals surface area contributed by atoms with Gasteiger partial charge in [0.05, 0.1) is 5.69 Å². The highest BCUT2D eigenvalue weighted by molar-refractivity contribution is 6.03. The molecule has 4 nitrogen and oxygen atoms in total. The van der Waals surface area contributed by atoms with Gasteiger partial charge in [-0.05, 0) is 44.0 Å². The minimum absolute atomic E-state index is 0.119. The molecule has 2 aromatic rings. The van der Waals surface area contributed by atoms with E-state index >= 15 is 0 Å². The number of amides is 1. The van der Waals surface area contributed by atoms with Gasteiger partial charge < -0.3 is 5.32 Å². The van der Waals surface area contributed by atoms with Gasteiger partial charge in [-0.3, -0.25) is 9.48 Å². The molecule has 0 radical (unpaired) electrons. The van der Waals surface area contributed by atoms with Crippen LogP contribution >= 0.6 is 0 Å². The molecule has 0 spiro atoms. The summed E-state index contributed by atoms with van der Waals surface area (Å²) in [6, 6.07) is 9.71. The van der Waals surface area contributed by atoms with Crippen molar-refractivity contribution in [1.29, 1.82) is 0 Å². The van der Waals surface area contributed by atoms with Gasteiger partial charge in [0.15, 0.2) is 0 Å². The molecular weight excluding hydrogens is 238 g/mol. The Morgan fingerprint density at radius 3 is 2.53 bits per heavy atom. The topological polar surface area (TPSA) is 46.9 Å². The fraction of sp³-hybridized carbons (Fsp3) is 0.333. The molecule has 1 aromatic carbocycles. The predicted molar refractivity (Wildman–Crippen MR) is 76.4 cm³/mol. The Hall–Kier alpha value is -2.10. The monoisotopic (exact) mass is 257 g/mol. The summed E-state index contributed by atoms with van der Waals surface area (Å²) < 4.78 is 1.71. The van der Waals surface area contributed by atoms with Crippen LogP contribution in [0.15, 0.2) is 30.3 Å². The molecule has 0 aliphatic rings. The van der Waals surface area contributed by atoms with E-state index in [1.54, 1.807) is 10.7 Å². The lowest BCUT2D eigenvalue weighted by molar-refractivity contribution is 0.101. The third-order valence-electron chi connectivity index (χ3n) is 3.05. The van der Waals surface area contributed by atoms with Crippen LogP contribution in [0.3, 0.4) is 0 Å². The van der Waals surface area contributed by atoms with Crippen LogP contribution in [0.4, 0.5) is 5.69 Å². The van der Waals surface area contributed by atoms with Crippen LogP contribution in [-0.4, -0.2) is 15.7 Å². The minimum Gasteiger partial charge on any atom is -0.321 e. The number of anilines is 1. The molecule has 0 bridgehead atoms. The number of aromatic nitrogens is 2. The summed E-state index contributed by atoms with van der Waals surface area (Å²) in [7, 11) is 0. The number of aryl methyl sites for hydroxylation is 3. The minimum atomic E-state index is -0.119. The standard InChI is InChI=1S/C15H19N3O/c1-4-12-6-8-13(9-7-12)16-15(19)14-10-11(3)17-18(14)5-2/h6-10H,4-5H2,1-3H3,(H,16,19). The summed E-state index contributed by atoms with van der Waals surface area (Å²) in [5, 5.41) is 7.17. The van der Waals surface area contributed by atoms with Gasteiger partial charge in [-0.25, -0.2) is 0 Å². The molecular formula is C15H19N3O. The molecule has 0 unspecified atom stereocenters. The lowest BCUT2D eigenvalue weighted by atomic mass is 10.1. The number of hydrogen-bond acceptors (Lipinski definition) is 2. The molecule has 2 rings (SSSR count). The molecule has 0 fully saturated rings. The van der Waals surface area contributed by atoms with E-state index < -0.39 is 0 Å². The summed E-state index contributed by atoms with van der Waals surface area (Å²) in [5.74, 6) is -0.119. The molecule has 1 N–H and O–H groups in total. The van der Waals surface area contributed by atoms with Gasteiger partial charge in [0.2, 0.25) is 0 Å². The zero-order chi connectivity index (χ0) is 13.8. The highest BCUT2D eigenvalue weighted by Crippen LogP contribution is 2.12. The molecule has 0 saturated carbocycles. The van der Waals surface area contributed by atoms with E-state index in [1.165, 1.54) is 5.56 Å². The SMILES string of the molecule is CCc1ccc(NC(=O)c2cc(C)nn2CC)cc1. The van der Waals surface area contributed by atoms with E-state index in [1.807, 2.05) is 38.1 Å². The van der Waals surface area contributed by atoms with Crippen molar-refractivity contribution in [3.05, 3.63) is 47.3 Å². The Kier molecular flexibility index (Phi) is 4.00. The number of nitrogens with one attached hydrogen (secondary N) is 1. The molecule has 1 heterocycles. The quantitative estimate of drug-likeness (QED) is 0.915. The highest BCUT2D eigenvalue weighted by Gasteiger charge is 2.13. The van der Waals surface area contributed by atoms with E-state index in [2.05, 4.69) is 17.3 Å². The second-order valence-corrected chi connectivity index (χ2v) is 4.49. The third-order valence-corrected chi connectivity index (χ3v) is 3.05. The third kappa shape index (κ3) is 3.02. The Balaban J connectivity index is 2.15. The lowest BCUT2D eigenvalue weighted by Gasteiger charge is -2.07. The first-order valence-corrected chi connectivity index (χ1v) is 6.58. The van der Waals surface area contributed by atoms with Crippen molar-refractivity contribution in [1.82, 2.24) is 9.78 Å². The molecule has 19 heavy (non-hydrogen) atoms. The number of carbonyl (C=O) groups excluding carboxylic acids is 1. The first-order valence-electron chi connectivity index (χ1n) is 6.58. The summed E-state index contributed by atoms with van der Waals surface area (Å²) in [5.41, 5.74) is 3.52. The largest absolute Gasteiger partial charge is 0.321 e. The number of rotatable bonds is 4. The van der Waals surface area contributed by atoms with Gasteiger partial charge in [0.25, 0.3) is 5.91 Å². The van der Waals surface area contributed by atoms with Crippen LogP contribution in [0.2, 0.25) is 0 Å². The van der Waals surface area contributed by atoms with Crippen LogP contribution in [0, 0.1) is 6.92 Å². The maximum Gasteiger partial charge on any atom is 0.273 e. The maximum atomic E-state index is 12.2. The average molecular weight is 257 g/mol. The highest BCUT2D eigenvalue weighted by atomic mass is 16.2. The average Bonchev–Trinajstić information content (AvgIpc) is 2.81. The van der Waals surface area contributed by atoms with Crippen LogP contribution < -0.4 is 5.32 Å². The van der Waals surface area contributed by atoms with Crippen molar-refractivity contribution < 1.29 is 4.79 Å². The first kappa shape index (κ1) is 13.3. The predicted octanol–water partition coefficient (Wildman–Crippen LogP) is 3.03. The Morgan fingerprint density at radius 2 is 1.95 bits per heavy atom. The first-order chi connectivity index (χ1) is 9.13. The maximum absolute atomic E-state index is 12.2. The van der Waals surface area contributed by atoms with Gasteiger partial charge >= 0.3 is 0 Å². The summed E-state index contributed by atoms with van der Waals surface area (Å²) >= 11 is 0. The van der Waals surface area contributed by atoms with Crippen molar-refractivity contribution in [2.24, 2.45) is 0 Å². The molecule has 0 atom stereocenters. The summed E-state index contributed by atoms with van der Waals surface area (Å²) in [6.07, 6.45) is 0.996. The summed E-state index contributed by atoms with van der Waals surface area (Å²) in [6.45, 7) is 6.65. The number of carbonyl (C=O) groups is 1. The van der Waals surface area contributed by atoms with E-state index in [0.717, 1.165) is 17.8 Å². The van der Waals surface area contributed by atoms with Gasteiger partial charge in [0, 0.05) is 12.2 Å². The smallest absolute Gasteiger partial charge is 0.273 e.